The molecule has 0 aromatic heterocycles. The second kappa shape index (κ2) is 5.64. The summed E-state index contributed by atoms with van der Waals surface area (Å²) in [6.45, 7) is 4.68. The molecule has 0 saturated heterocycles. The Kier molecular flexibility index (Phi) is 4.18. The summed E-state index contributed by atoms with van der Waals surface area (Å²) in [6, 6.07) is 8.83. The summed E-state index contributed by atoms with van der Waals surface area (Å²) in [7, 11) is 0.304. The van der Waals surface area contributed by atoms with Crippen molar-refractivity contribution in [1.82, 2.24) is 0 Å². The zero-order valence-electron chi connectivity index (χ0n) is 10.3. The molecule has 0 nitrogen and oxygen atoms in total. The monoisotopic (exact) mass is 232 g/mol. The van der Waals surface area contributed by atoms with Crippen molar-refractivity contribution in [2.45, 2.75) is 26.2 Å². The summed E-state index contributed by atoms with van der Waals surface area (Å²) in [5, 5.41) is 0. The van der Waals surface area contributed by atoms with E-state index in [1.165, 1.54) is 30.5 Å². The maximum Gasteiger partial charge on any atom is 0.00305 e. The molecule has 1 aromatic carbocycles. The second-order valence-corrected chi connectivity index (χ2v) is 7.46. The third kappa shape index (κ3) is 2.55. The predicted octanol–water partition coefficient (Wildman–Crippen LogP) is 4.71. The molecule has 16 heavy (non-hydrogen) atoms. The fourth-order valence-corrected chi connectivity index (χ4v) is 4.16. The molecule has 1 aliphatic carbocycles. The summed E-state index contributed by atoms with van der Waals surface area (Å²) in [5.41, 5.74) is 2.98. The van der Waals surface area contributed by atoms with Gasteiger partial charge in [0.2, 0.25) is 0 Å². The van der Waals surface area contributed by atoms with E-state index in [0.29, 0.717) is 13.8 Å². The third-order valence-corrected chi connectivity index (χ3v) is 6.23. The van der Waals surface area contributed by atoms with Crippen LogP contribution in [0.4, 0.5) is 0 Å². The van der Waals surface area contributed by atoms with Gasteiger partial charge in [0.05, 0.1) is 0 Å². The Morgan fingerprint density at radius 2 is 1.88 bits per heavy atom. The number of rotatable bonds is 5. The van der Waals surface area contributed by atoms with E-state index in [4.69, 9.17) is 0 Å². The van der Waals surface area contributed by atoms with Gasteiger partial charge in [0.15, 0.2) is 0 Å². The first-order valence-electron chi connectivity index (χ1n) is 6.34. The zero-order valence-corrected chi connectivity index (χ0v) is 11.2. The van der Waals surface area contributed by atoms with Crippen molar-refractivity contribution < 1.29 is 0 Å². The van der Waals surface area contributed by atoms with Crippen LogP contribution in [-0.4, -0.2) is 18.5 Å². The van der Waals surface area contributed by atoms with Gasteiger partial charge in [-0.25, -0.2) is 0 Å². The number of benzene rings is 1. The summed E-state index contributed by atoms with van der Waals surface area (Å²) in [5.74, 6) is 0.694. The standard InChI is InChI=1S/C15H21P/c1-3-16(4-2)12-11-14-10-9-13-7-5-6-8-15(13)14/h5-10,14H,3-4,11-12H2,1-2H3. The van der Waals surface area contributed by atoms with Crippen molar-refractivity contribution in [2.75, 3.05) is 18.5 Å². The van der Waals surface area contributed by atoms with Gasteiger partial charge in [0.25, 0.3) is 0 Å². The SMILES string of the molecule is CCP(CC)CCC1C=Cc2ccccc21. The fourth-order valence-electron chi connectivity index (χ4n) is 2.44. The summed E-state index contributed by atoms with van der Waals surface area (Å²) >= 11 is 0. The van der Waals surface area contributed by atoms with Crippen molar-refractivity contribution >= 4 is 14.0 Å². The van der Waals surface area contributed by atoms with E-state index >= 15 is 0 Å². The molecule has 86 valence electrons. The van der Waals surface area contributed by atoms with E-state index in [2.05, 4.69) is 50.3 Å². The molecule has 1 atom stereocenters. The maximum absolute atomic E-state index is 2.39. The minimum Gasteiger partial charge on any atom is -0.107 e. The van der Waals surface area contributed by atoms with E-state index in [0.717, 1.165) is 0 Å². The lowest BCUT2D eigenvalue weighted by atomic mass is 9.99. The fraction of sp³-hybridized carbons (Fsp3) is 0.467. The highest BCUT2D eigenvalue weighted by Crippen LogP contribution is 2.40. The molecule has 0 radical (unpaired) electrons. The molecule has 0 amide bonds. The van der Waals surface area contributed by atoms with Gasteiger partial charge in [-0.1, -0.05) is 50.3 Å². The van der Waals surface area contributed by atoms with Crippen LogP contribution in [0.2, 0.25) is 0 Å². The van der Waals surface area contributed by atoms with Crippen LogP contribution in [0.25, 0.3) is 6.08 Å². The summed E-state index contributed by atoms with van der Waals surface area (Å²) in [4.78, 5) is 0. The highest BCUT2D eigenvalue weighted by atomic mass is 31.1. The molecule has 1 aromatic rings. The topological polar surface area (TPSA) is 0 Å². The lowest BCUT2D eigenvalue weighted by Crippen LogP contribution is -1.98. The molecule has 0 bridgehead atoms. The van der Waals surface area contributed by atoms with Crippen molar-refractivity contribution in [3.63, 3.8) is 0 Å². The van der Waals surface area contributed by atoms with Crippen molar-refractivity contribution in [3.05, 3.63) is 41.5 Å². The Morgan fingerprint density at radius 3 is 2.62 bits per heavy atom. The molecule has 2 rings (SSSR count). The first-order chi connectivity index (χ1) is 7.85. The second-order valence-electron chi connectivity index (χ2n) is 4.41. The smallest absolute Gasteiger partial charge is 0.00305 e. The molecule has 0 heterocycles. The van der Waals surface area contributed by atoms with Gasteiger partial charge in [-0.05, 0) is 36.0 Å². The molecule has 0 spiro atoms. The summed E-state index contributed by atoms with van der Waals surface area (Å²) in [6.07, 6.45) is 10.3. The van der Waals surface area contributed by atoms with Crippen LogP contribution in [0.1, 0.15) is 37.3 Å². The van der Waals surface area contributed by atoms with Crippen LogP contribution >= 0.6 is 7.92 Å². The number of allylic oxidation sites excluding steroid dienone is 1. The van der Waals surface area contributed by atoms with Crippen LogP contribution in [0, 0.1) is 0 Å². The molecule has 0 aliphatic heterocycles. The highest BCUT2D eigenvalue weighted by Gasteiger charge is 2.17. The Morgan fingerprint density at radius 1 is 1.12 bits per heavy atom. The van der Waals surface area contributed by atoms with E-state index in [-0.39, 0.29) is 0 Å². The van der Waals surface area contributed by atoms with E-state index < -0.39 is 0 Å². The van der Waals surface area contributed by atoms with E-state index in [1.54, 1.807) is 5.56 Å². The Balaban J connectivity index is 1.96. The maximum atomic E-state index is 2.39. The minimum atomic E-state index is 0.304. The zero-order chi connectivity index (χ0) is 11.4. The molecular weight excluding hydrogens is 211 g/mol. The Bertz CT molecular complexity index is 363. The van der Waals surface area contributed by atoms with Crippen LogP contribution in [0.3, 0.4) is 0 Å². The Hall–Kier alpha value is -0.610. The highest BCUT2D eigenvalue weighted by molar-refractivity contribution is 7.57. The number of fused-ring (bicyclic) bond motifs is 1. The first kappa shape index (κ1) is 11.9. The average Bonchev–Trinajstić information content (AvgIpc) is 2.74. The van der Waals surface area contributed by atoms with Crippen LogP contribution in [0.15, 0.2) is 30.3 Å². The molecule has 0 fully saturated rings. The van der Waals surface area contributed by atoms with E-state index in [9.17, 15) is 0 Å². The number of hydrogen-bond acceptors (Lipinski definition) is 0. The summed E-state index contributed by atoms with van der Waals surface area (Å²) < 4.78 is 0. The van der Waals surface area contributed by atoms with Gasteiger partial charge in [0.1, 0.15) is 0 Å². The molecule has 1 heteroatoms. The average molecular weight is 232 g/mol. The van der Waals surface area contributed by atoms with Gasteiger partial charge >= 0.3 is 0 Å². The molecule has 0 N–H and O–H groups in total. The van der Waals surface area contributed by atoms with Gasteiger partial charge in [-0.15, -0.1) is 7.92 Å². The minimum absolute atomic E-state index is 0.304. The normalized spacial score (nSPS) is 18.1. The van der Waals surface area contributed by atoms with Crippen molar-refractivity contribution in [3.8, 4) is 0 Å². The lowest BCUT2D eigenvalue weighted by Gasteiger charge is -2.16. The van der Waals surface area contributed by atoms with Gasteiger partial charge < -0.3 is 0 Å². The van der Waals surface area contributed by atoms with Gasteiger partial charge in [0, 0.05) is 5.92 Å². The van der Waals surface area contributed by atoms with Crippen LogP contribution < -0.4 is 0 Å². The Labute approximate surface area is 101 Å². The third-order valence-electron chi connectivity index (χ3n) is 3.55. The van der Waals surface area contributed by atoms with Crippen molar-refractivity contribution in [1.29, 1.82) is 0 Å². The molecule has 0 saturated carbocycles. The van der Waals surface area contributed by atoms with Crippen LogP contribution in [-0.2, 0) is 0 Å². The van der Waals surface area contributed by atoms with Gasteiger partial charge in [-0.2, -0.15) is 0 Å². The molecule has 1 aliphatic rings. The van der Waals surface area contributed by atoms with Gasteiger partial charge in [-0.3, -0.25) is 0 Å². The first-order valence-corrected chi connectivity index (χ1v) is 8.24. The van der Waals surface area contributed by atoms with Crippen molar-refractivity contribution in [2.24, 2.45) is 0 Å². The number of hydrogen-bond donors (Lipinski definition) is 0. The quantitative estimate of drug-likeness (QED) is 0.645. The molecule has 1 unspecified atom stereocenters. The van der Waals surface area contributed by atoms with E-state index in [1.807, 2.05) is 0 Å². The largest absolute Gasteiger partial charge is 0.107 e. The van der Waals surface area contributed by atoms with Crippen LogP contribution in [0.5, 0.6) is 0 Å². The lowest BCUT2D eigenvalue weighted by molar-refractivity contribution is 0.822. The molecular formula is C15H21P. The predicted molar refractivity (Wildman–Crippen MR) is 75.7 cm³/mol.